The standard InChI is InChI=1S/C12H18N2O/c1-9-4-3-5-11-12(9)14(2)10(6-7-13)8-15-11/h3-5,10H,6-8,13H2,1-2H3. The zero-order chi connectivity index (χ0) is 10.8. The van der Waals surface area contributed by atoms with Gasteiger partial charge in [-0.2, -0.15) is 0 Å². The van der Waals surface area contributed by atoms with Crippen LogP contribution in [-0.4, -0.2) is 26.2 Å². The van der Waals surface area contributed by atoms with Gasteiger partial charge in [0, 0.05) is 7.05 Å². The summed E-state index contributed by atoms with van der Waals surface area (Å²) in [5.41, 5.74) is 8.07. The van der Waals surface area contributed by atoms with Crippen molar-refractivity contribution in [3.63, 3.8) is 0 Å². The lowest BCUT2D eigenvalue weighted by Crippen LogP contribution is -2.42. The van der Waals surface area contributed by atoms with E-state index in [0.717, 1.165) is 18.8 Å². The lowest BCUT2D eigenvalue weighted by molar-refractivity contribution is 0.261. The predicted octanol–water partition coefficient (Wildman–Crippen LogP) is 1.54. The molecule has 1 atom stereocenters. The van der Waals surface area contributed by atoms with Crippen molar-refractivity contribution in [1.82, 2.24) is 0 Å². The molecule has 82 valence electrons. The van der Waals surface area contributed by atoms with Gasteiger partial charge >= 0.3 is 0 Å². The van der Waals surface area contributed by atoms with E-state index in [1.165, 1.54) is 11.3 Å². The first-order chi connectivity index (χ1) is 7.24. The zero-order valence-electron chi connectivity index (χ0n) is 9.36. The molecule has 0 radical (unpaired) electrons. The van der Waals surface area contributed by atoms with E-state index in [4.69, 9.17) is 10.5 Å². The van der Waals surface area contributed by atoms with E-state index < -0.39 is 0 Å². The van der Waals surface area contributed by atoms with Crippen molar-refractivity contribution in [2.75, 3.05) is 25.1 Å². The largest absolute Gasteiger partial charge is 0.489 e. The lowest BCUT2D eigenvalue weighted by atomic mass is 10.1. The average molecular weight is 206 g/mol. The molecule has 1 aromatic rings. The predicted molar refractivity (Wildman–Crippen MR) is 62.5 cm³/mol. The van der Waals surface area contributed by atoms with Gasteiger partial charge in [-0.3, -0.25) is 0 Å². The van der Waals surface area contributed by atoms with Crippen molar-refractivity contribution in [2.45, 2.75) is 19.4 Å². The fourth-order valence-corrected chi connectivity index (χ4v) is 2.15. The highest BCUT2D eigenvalue weighted by atomic mass is 16.5. The molecule has 0 saturated carbocycles. The Bertz CT molecular complexity index is 351. The third-order valence-electron chi connectivity index (χ3n) is 3.03. The molecular formula is C12H18N2O. The number of likely N-dealkylation sites (N-methyl/N-ethyl adjacent to an activating group) is 1. The summed E-state index contributed by atoms with van der Waals surface area (Å²) < 4.78 is 5.74. The molecule has 3 heteroatoms. The first-order valence-electron chi connectivity index (χ1n) is 5.39. The minimum Gasteiger partial charge on any atom is -0.489 e. The number of hydrogen-bond donors (Lipinski definition) is 1. The number of aryl methyl sites for hydroxylation is 1. The number of rotatable bonds is 2. The summed E-state index contributed by atoms with van der Waals surface area (Å²) >= 11 is 0. The van der Waals surface area contributed by atoms with E-state index in [0.29, 0.717) is 12.6 Å². The first kappa shape index (κ1) is 10.3. The molecule has 15 heavy (non-hydrogen) atoms. The van der Waals surface area contributed by atoms with Crippen LogP contribution in [-0.2, 0) is 0 Å². The summed E-state index contributed by atoms with van der Waals surface area (Å²) in [6.45, 7) is 3.56. The van der Waals surface area contributed by atoms with Crippen LogP contribution in [0.5, 0.6) is 5.75 Å². The van der Waals surface area contributed by atoms with Gasteiger partial charge < -0.3 is 15.4 Å². The molecule has 1 aromatic carbocycles. The number of nitrogens with two attached hydrogens (primary N) is 1. The van der Waals surface area contributed by atoms with Crippen molar-refractivity contribution < 1.29 is 4.74 Å². The van der Waals surface area contributed by atoms with E-state index in [1.807, 2.05) is 12.1 Å². The van der Waals surface area contributed by atoms with Crippen LogP contribution in [0.4, 0.5) is 5.69 Å². The third-order valence-corrected chi connectivity index (χ3v) is 3.03. The normalized spacial score (nSPS) is 19.7. The minimum atomic E-state index is 0.406. The fraction of sp³-hybridized carbons (Fsp3) is 0.500. The van der Waals surface area contributed by atoms with Gasteiger partial charge in [-0.15, -0.1) is 0 Å². The van der Waals surface area contributed by atoms with Crippen LogP contribution in [0.2, 0.25) is 0 Å². The van der Waals surface area contributed by atoms with Gasteiger partial charge in [0.1, 0.15) is 12.4 Å². The van der Waals surface area contributed by atoms with E-state index >= 15 is 0 Å². The van der Waals surface area contributed by atoms with Crippen molar-refractivity contribution in [2.24, 2.45) is 5.73 Å². The van der Waals surface area contributed by atoms with Gasteiger partial charge in [-0.1, -0.05) is 12.1 Å². The highest BCUT2D eigenvalue weighted by molar-refractivity contribution is 5.64. The van der Waals surface area contributed by atoms with E-state index in [2.05, 4.69) is 24.9 Å². The molecule has 1 heterocycles. The molecule has 1 aliphatic heterocycles. The Morgan fingerprint density at radius 2 is 2.33 bits per heavy atom. The molecule has 0 saturated heterocycles. The van der Waals surface area contributed by atoms with Crippen LogP contribution in [0.25, 0.3) is 0 Å². The van der Waals surface area contributed by atoms with Gasteiger partial charge in [0.15, 0.2) is 0 Å². The van der Waals surface area contributed by atoms with Crippen LogP contribution in [0.15, 0.2) is 18.2 Å². The van der Waals surface area contributed by atoms with Gasteiger partial charge in [0.05, 0.1) is 11.7 Å². The summed E-state index contributed by atoms with van der Waals surface area (Å²) in [4.78, 5) is 2.29. The van der Waals surface area contributed by atoms with Gasteiger partial charge in [-0.05, 0) is 31.5 Å². The Balaban J connectivity index is 2.32. The molecular weight excluding hydrogens is 188 g/mol. The van der Waals surface area contributed by atoms with Crippen molar-refractivity contribution in [3.05, 3.63) is 23.8 Å². The maximum Gasteiger partial charge on any atom is 0.142 e. The highest BCUT2D eigenvalue weighted by Gasteiger charge is 2.24. The number of ether oxygens (including phenoxy) is 1. The molecule has 0 bridgehead atoms. The number of nitrogens with zero attached hydrogens (tertiary/aromatic N) is 1. The molecule has 0 spiro atoms. The maximum atomic E-state index is 5.74. The number of fused-ring (bicyclic) bond motifs is 1. The summed E-state index contributed by atoms with van der Waals surface area (Å²) in [7, 11) is 2.12. The minimum absolute atomic E-state index is 0.406. The third kappa shape index (κ3) is 1.79. The Kier molecular flexibility index (Phi) is 2.82. The second-order valence-electron chi connectivity index (χ2n) is 4.07. The first-order valence-corrected chi connectivity index (χ1v) is 5.39. The average Bonchev–Trinajstić information content (AvgIpc) is 2.22. The second-order valence-corrected chi connectivity index (χ2v) is 4.07. The van der Waals surface area contributed by atoms with Crippen LogP contribution >= 0.6 is 0 Å². The number of benzene rings is 1. The highest BCUT2D eigenvalue weighted by Crippen LogP contribution is 2.36. The second kappa shape index (κ2) is 4.11. The van der Waals surface area contributed by atoms with Crippen LogP contribution in [0.1, 0.15) is 12.0 Å². The molecule has 1 unspecified atom stereocenters. The number of hydrogen-bond acceptors (Lipinski definition) is 3. The summed E-state index contributed by atoms with van der Waals surface area (Å²) in [6.07, 6.45) is 0.976. The summed E-state index contributed by atoms with van der Waals surface area (Å²) in [5, 5.41) is 0. The molecule has 3 nitrogen and oxygen atoms in total. The smallest absolute Gasteiger partial charge is 0.142 e. The Labute approximate surface area is 90.8 Å². The van der Waals surface area contributed by atoms with Crippen molar-refractivity contribution in [3.8, 4) is 5.75 Å². The van der Waals surface area contributed by atoms with E-state index in [-0.39, 0.29) is 0 Å². The number of para-hydroxylation sites is 1. The fourth-order valence-electron chi connectivity index (χ4n) is 2.15. The van der Waals surface area contributed by atoms with Gasteiger partial charge in [0.25, 0.3) is 0 Å². The van der Waals surface area contributed by atoms with Gasteiger partial charge in [0.2, 0.25) is 0 Å². The Morgan fingerprint density at radius 1 is 1.53 bits per heavy atom. The zero-order valence-corrected chi connectivity index (χ0v) is 9.36. The maximum absolute atomic E-state index is 5.74. The Morgan fingerprint density at radius 3 is 3.07 bits per heavy atom. The SMILES string of the molecule is Cc1cccc2c1N(C)C(CCN)CO2. The summed E-state index contributed by atoms with van der Waals surface area (Å²) in [6, 6.07) is 6.58. The van der Waals surface area contributed by atoms with Gasteiger partial charge in [-0.25, -0.2) is 0 Å². The van der Waals surface area contributed by atoms with Crippen LogP contribution < -0.4 is 15.4 Å². The van der Waals surface area contributed by atoms with Crippen molar-refractivity contribution in [1.29, 1.82) is 0 Å². The topological polar surface area (TPSA) is 38.5 Å². The Hall–Kier alpha value is -1.22. The molecule has 0 aromatic heterocycles. The molecule has 0 amide bonds. The summed E-state index contributed by atoms with van der Waals surface area (Å²) in [5.74, 6) is 0.991. The number of anilines is 1. The van der Waals surface area contributed by atoms with Crippen LogP contribution in [0.3, 0.4) is 0 Å². The van der Waals surface area contributed by atoms with Crippen molar-refractivity contribution >= 4 is 5.69 Å². The molecule has 0 fully saturated rings. The molecule has 2 N–H and O–H groups in total. The quantitative estimate of drug-likeness (QED) is 0.797. The molecule has 1 aliphatic rings. The monoisotopic (exact) mass is 206 g/mol. The van der Waals surface area contributed by atoms with Crippen LogP contribution in [0, 0.1) is 6.92 Å². The molecule has 0 aliphatic carbocycles. The van der Waals surface area contributed by atoms with E-state index in [1.54, 1.807) is 0 Å². The lowest BCUT2D eigenvalue weighted by Gasteiger charge is -2.36. The van der Waals surface area contributed by atoms with E-state index in [9.17, 15) is 0 Å². The molecule has 2 rings (SSSR count).